The van der Waals surface area contributed by atoms with Crippen LogP contribution in [0.2, 0.25) is 0 Å². The molecule has 0 radical (unpaired) electrons. The van der Waals surface area contributed by atoms with Crippen LogP contribution in [0.25, 0.3) is 0 Å². The maximum atomic E-state index is 10.5. The van der Waals surface area contributed by atoms with Crippen LogP contribution in [0, 0.1) is 5.41 Å². The molecule has 0 saturated carbocycles. The minimum Gasteiger partial charge on any atom is -0.476 e. The maximum Gasteiger partial charge on any atom is 0.356 e. The lowest BCUT2D eigenvalue weighted by Gasteiger charge is -2.02. The molecule has 0 aromatic heterocycles. The number of nitrogens with zero attached hydrogens (tertiary/aromatic N) is 1. The van der Waals surface area contributed by atoms with E-state index in [1.165, 1.54) is 0 Å². The van der Waals surface area contributed by atoms with Crippen LogP contribution in [0.3, 0.4) is 0 Å². The van der Waals surface area contributed by atoms with E-state index in [1.54, 1.807) is 30.3 Å². The van der Waals surface area contributed by atoms with E-state index in [0.29, 0.717) is 5.56 Å². The van der Waals surface area contributed by atoms with E-state index in [2.05, 4.69) is 5.10 Å². The van der Waals surface area contributed by atoms with E-state index in [1.807, 2.05) is 0 Å². The van der Waals surface area contributed by atoms with Crippen molar-refractivity contribution in [3.63, 3.8) is 0 Å². The third-order valence-electron chi connectivity index (χ3n) is 1.63. The van der Waals surface area contributed by atoms with Gasteiger partial charge in [0.2, 0.25) is 0 Å². The van der Waals surface area contributed by atoms with Crippen molar-refractivity contribution in [2.45, 2.75) is 0 Å². The van der Waals surface area contributed by atoms with Crippen molar-refractivity contribution in [2.24, 2.45) is 10.9 Å². The highest BCUT2D eigenvalue weighted by molar-refractivity contribution is 6.67. The van der Waals surface area contributed by atoms with Crippen LogP contribution >= 0.6 is 0 Å². The van der Waals surface area contributed by atoms with E-state index >= 15 is 0 Å². The fraction of sp³-hybridized carbons (Fsp3) is 0. The van der Waals surface area contributed by atoms with Gasteiger partial charge in [0.1, 0.15) is 5.71 Å². The van der Waals surface area contributed by atoms with Crippen LogP contribution in [0.5, 0.6) is 0 Å². The molecule has 5 heteroatoms. The molecule has 5 nitrogen and oxygen atoms in total. The summed E-state index contributed by atoms with van der Waals surface area (Å²) in [6, 6.07) is 8.50. The normalized spacial score (nSPS) is 11.0. The molecule has 4 N–H and O–H groups in total. The van der Waals surface area contributed by atoms with Gasteiger partial charge >= 0.3 is 5.97 Å². The van der Waals surface area contributed by atoms with Crippen LogP contribution in [0.4, 0.5) is 0 Å². The van der Waals surface area contributed by atoms with Crippen LogP contribution in [0.15, 0.2) is 35.4 Å². The van der Waals surface area contributed by atoms with Gasteiger partial charge in [-0.15, -0.1) is 0 Å². The predicted octanol–water partition coefficient (Wildman–Crippen LogP) is 0.454. The van der Waals surface area contributed by atoms with Crippen LogP contribution in [0.1, 0.15) is 5.56 Å². The molecule has 0 atom stereocenters. The molecule has 14 heavy (non-hydrogen) atoms. The number of hydrogen-bond donors (Lipinski definition) is 3. The van der Waals surface area contributed by atoms with Crippen LogP contribution in [-0.2, 0) is 4.79 Å². The maximum absolute atomic E-state index is 10.5. The molecule has 0 bridgehead atoms. The number of hydrogen-bond acceptors (Lipinski definition) is 4. The Morgan fingerprint density at radius 3 is 2.36 bits per heavy atom. The second kappa shape index (κ2) is 4.18. The Kier molecular flexibility index (Phi) is 2.96. The lowest BCUT2D eigenvalue weighted by atomic mass is 10.1. The van der Waals surface area contributed by atoms with E-state index < -0.39 is 11.7 Å². The third-order valence-corrected chi connectivity index (χ3v) is 1.63. The Hall–Kier alpha value is -2.17. The monoisotopic (exact) mass is 191 g/mol. The summed E-state index contributed by atoms with van der Waals surface area (Å²) in [6.45, 7) is 0. The minimum atomic E-state index is -1.35. The standard InChI is InChI=1S/C9H9N3O2/c10-7(9(13)14)8(12-11)6-4-2-1-3-5-6/h1-5,10H,11H2,(H,13,14)/b10-7?,12-8-. The molecule has 0 aliphatic rings. The zero-order valence-corrected chi connectivity index (χ0v) is 7.27. The first kappa shape index (κ1) is 9.91. The summed E-state index contributed by atoms with van der Waals surface area (Å²) in [7, 11) is 0. The Morgan fingerprint density at radius 1 is 1.36 bits per heavy atom. The first-order valence-corrected chi connectivity index (χ1v) is 3.82. The first-order valence-electron chi connectivity index (χ1n) is 3.82. The van der Waals surface area contributed by atoms with Crippen LogP contribution < -0.4 is 5.84 Å². The summed E-state index contributed by atoms with van der Waals surface area (Å²) in [5.74, 6) is 3.68. The molecule has 0 unspecified atom stereocenters. The number of carboxylic acid groups (broad SMARTS) is 1. The molecule has 1 rings (SSSR count). The van der Waals surface area contributed by atoms with E-state index in [0.717, 1.165) is 0 Å². The second-order valence-corrected chi connectivity index (χ2v) is 2.52. The van der Waals surface area contributed by atoms with Gasteiger partial charge in [0.15, 0.2) is 5.71 Å². The van der Waals surface area contributed by atoms with Gasteiger partial charge in [-0.1, -0.05) is 30.3 Å². The molecule has 0 spiro atoms. The van der Waals surface area contributed by atoms with Gasteiger partial charge in [0.25, 0.3) is 0 Å². The SMILES string of the molecule is N=C(C(=O)O)/C(=N\N)c1ccccc1. The first-order chi connectivity index (χ1) is 6.66. The van der Waals surface area contributed by atoms with Crippen molar-refractivity contribution in [3.8, 4) is 0 Å². The summed E-state index contributed by atoms with van der Waals surface area (Å²) in [5.41, 5.74) is -0.126. The molecule has 72 valence electrons. The lowest BCUT2D eigenvalue weighted by molar-refractivity contribution is -0.129. The van der Waals surface area contributed by atoms with Gasteiger partial charge in [-0.3, -0.25) is 5.41 Å². The number of benzene rings is 1. The Bertz CT molecular complexity index is 384. The average molecular weight is 191 g/mol. The minimum absolute atomic E-state index is 0.0295. The quantitative estimate of drug-likeness (QED) is 0.367. The smallest absolute Gasteiger partial charge is 0.356 e. The zero-order valence-electron chi connectivity index (χ0n) is 7.27. The molecule has 0 aliphatic heterocycles. The molecule has 0 fully saturated rings. The summed E-state index contributed by atoms with van der Waals surface area (Å²) in [4.78, 5) is 10.5. The average Bonchev–Trinajstić information content (AvgIpc) is 2.20. The van der Waals surface area contributed by atoms with Crippen molar-refractivity contribution in [1.82, 2.24) is 0 Å². The molecule has 0 saturated heterocycles. The van der Waals surface area contributed by atoms with E-state index in [9.17, 15) is 4.79 Å². The largest absolute Gasteiger partial charge is 0.476 e. The van der Waals surface area contributed by atoms with Gasteiger partial charge in [0, 0.05) is 5.56 Å². The van der Waals surface area contributed by atoms with Crippen molar-refractivity contribution >= 4 is 17.4 Å². The summed E-state index contributed by atoms with van der Waals surface area (Å²) in [6.07, 6.45) is 0. The van der Waals surface area contributed by atoms with Crippen molar-refractivity contribution in [3.05, 3.63) is 35.9 Å². The third kappa shape index (κ3) is 1.95. The van der Waals surface area contributed by atoms with E-state index in [-0.39, 0.29) is 5.71 Å². The number of aliphatic carboxylic acids is 1. The summed E-state index contributed by atoms with van der Waals surface area (Å²) >= 11 is 0. The topological polar surface area (TPSA) is 99.5 Å². The van der Waals surface area contributed by atoms with Crippen molar-refractivity contribution in [2.75, 3.05) is 0 Å². The number of hydrazone groups is 1. The van der Waals surface area contributed by atoms with Gasteiger partial charge in [0.05, 0.1) is 0 Å². The van der Waals surface area contributed by atoms with E-state index in [4.69, 9.17) is 16.4 Å². The summed E-state index contributed by atoms with van der Waals surface area (Å²) in [5, 5.41) is 19.1. The zero-order chi connectivity index (χ0) is 10.6. The van der Waals surface area contributed by atoms with Gasteiger partial charge in [-0.2, -0.15) is 5.10 Å². The molecule has 0 heterocycles. The number of carbonyl (C=O) groups is 1. The fourth-order valence-electron chi connectivity index (χ4n) is 0.981. The van der Waals surface area contributed by atoms with Gasteiger partial charge in [-0.05, 0) is 0 Å². The van der Waals surface area contributed by atoms with Crippen molar-refractivity contribution < 1.29 is 9.90 Å². The molecule has 0 aliphatic carbocycles. The number of rotatable bonds is 3. The fourth-order valence-corrected chi connectivity index (χ4v) is 0.981. The molecule has 1 aromatic rings. The molecular formula is C9H9N3O2. The predicted molar refractivity (Wildman–Crippen MR) is 52.5 cm³/mol. The molecular weight excluding hydrogens is 182 g/mol. The molecule has 0 amide bonds. The Labute approximate surface area is 80.4 Å². The van der Waals surface area contributed by atoms with Gasteiger partial charge < -0.3 is 10.9 Å². The highest BCUT2D eigenvalue weighted by atomic mass is 16.4. The Balaban J connectivity index is 3.07. The second-order valence-electron chi connectivity index (χ2n) is 2.52. The van der Waals surface area contributed by atoms with Gasteiger partial charge in [-0.25, -0.2) is 4.79 Å². The highest BCUT2D eigenvalue weighted by Gasteiger charge is 2.16. The van der Waals surface area contributed by atoms with Crippen molar-refractivity contribution in [1.29, 1.82) is 5.41 Å². The number of nitrogens with two attached hydrogens (primary N) is 1. The number of nitrogens with one attached hydrogen (secondary N) is 1. The van der Waals surface area contributed by atoms with Crippen LogP contribution in [-0.4, -0.2) is 22.5 Å². The highest BCUT2D eigenvalue weighted by Crippen LogP contribution is 2.01. The molecule has 1 aromatic carbocycles. The number of carboxylic acids is 1. The lowest BCUT2D eigenvalue weighted by Crippen LogP contribution is -2.24. The Morgan fingerprint density at radius 2 is 1.93 bits per heavy atom. The summed E-state index contributed by atoms with van der Waals surface area (Å²) < 4.78 is 0.